The van der Waals surface area contributed by atoms with Crippen molar-refractivity contribution in [3.8, 4) is 0 Å². The van der Waals surface area contributed by atoms with Gasteiger partial charge in [0.15, 0.2) is 0 Å². The topological polar surface area (TPSA) is 63.4 Å². The van der Waals surface area contributed by atoms with Gasteiger partial charge in [0.1, 0.15) is 10.7 Å². The van der Waals surface area contributed by atoms with E-state index in [9.17, 15) is 12.8 Å². The van der Waals surface area contributed by atoms with Gasteiger partial charge in [0, 0.05) is 29.7 Å². The van der Waals surface area contributed by atoms with E-state index < -0.39 is 15.8 Å². The fraction of sp³-hybridized carbons (Fsp3) is 0.538. The van der Waals surface area contributed by atoms with E-state index in [1.807, 2.05) is 0 Å². The molecule has 2 N–H and O–H groups in total. The number of hydrogen-bond acceptors (Lipinski definition) is 3. The summed E-state index contributed by atoms with van der Waals surface area (Å²) < 4.78 is 41.3. The lowest BCUT2D eigenvalue weighted by Crippen LogP contribution is -2.33. The number of nitrogens with two attached hydrogens (primary N) is 1. The van der Waals surface area contributed by atoms with Crippen molar-refractivity contribution in [2.24, 2.45) is 11.7 Å². The van der Waals surface area contributed by atoms with Gasteiger partial charge in [-0.15, -0.1) is 0 Å². The summed E-state index contributed by atoms with van der Waals surface area (Å²) in [5.41, 5.74) is 5.66. The lowest BCUT2D eigenvalue weighted by molar-refractivity contribution is 0.408. The van der Waals surface area contributed by atoms with E-state index in [-0.39, 0.29) is 17.0 Å². The molecule has 7 heteroatoms. The maximum Gasteiger partial charge on any atom is 0.246 e. The van der Waals surface area contributed by atoms with Crippen molar-refractivity contribution in [3.05, 3.63) is 28.0 Å². The minimum Gasteiger partial charge on any atom is -0.326 e. The summed E-state index contributed by atoms with van der Waals surface area (Å²) in [4.78, 5) is -0.296. The zero-order valence-corrected chi connectivity index (χ0v) is 13.7. The molecule has 0 radical (unpaired) electrons. The molecule has 2 rings (SSSR count). The van der Waals surface area contributed by atoms with Crippen LogP contribution in [0.15, 0.2) is 21.5 Å². The Kier molecular flexibility index (Phi) is 4.84. The van der Waals surface area contributed by atoms with Crippen LogP contribution < -0.4 is 5.73 Å². The molecular weight excluding hydrogens is 347 g/mol. The van der Waals surface area contributed by atoms with Crippen LogP contribution in [-0.2, 0) is 16.6 Å². The Morgan fingerprint density at radius 3 is 2.60 bits per heavy atom. The van der Waals surface area contributed by atoms with Gasteiger partial charge in [-0.3, -0.25) is 0 Å². The Bertz CT molecular complexity index is 603. The summed E-state index contributed by atoms with van der Waals surface area (Å²) in [6, 6.07) is 2.81. The van der Waals surface area contributed by atoms with E-state index in [1.165, 1.54) is 16.4 Å². The van der Waals surface area contributed by atoms with Crippen LogP contribution in [0.25, 0.3) is 0 Å². The van der Waals surface area contributed by atoms with Gasteiger partial charge >= 0.3 is 0 Å². The quantitative estimate of drug-likeness (QED) is 0.843. The molecule has 1 aromatic rings. The van der Waals surface area contributed by atoms with Crippen LogP contribution >= 0.6 is 15.9 Å². The second kappa shape index (κ2) is 6.09. The first-order valence-corrected chi connectivity index (χ1v) is 8.81. The van der Waals surface area contributed by atoms with Gasteiger partial charge in [-0.2, -0.15) is 4.31 Å². The van der Waals surface area contributed by atoms with E-state index in [0.29, 0.717) is 23.5 Å². The Balaban J connectivity index is 2.44. The van der Waals surface area contributed by atoms with Crippen molar-refractivity contribution in [2.75, 3.05) is 13.1 Å². The van der Waals surface area contributed by atoms with Gasteiger partial charge in [0.05, 0.1) is 0 Å². The van der Waals surface area contributed by atoms with Crippen molar-refractivity contribution in [3.63, 3.8) is 0 Å². The highest BCUT2D eigenvalue weighted by Gasteiger charge is 2.33. The van der Waals surface area contributed by atoms with Crippen molar-refractivity contribution < 1.29 is 12.8 Å². The molecule has 1 aromatic carbocycles. The highest BCUT2D eigenvalue weighted by molar-refractivity contribution is 9.10. The molecular formula is C13H18BrFN2O2S. The first-order chi connectivity index (χ1) is 9.40. The summed E-state index contributed by atoms with van der Waals surface area (Å²) >= 11 is 3.21. The van der Waals surface area contributed by atoms with E-state index in [4.69, 9.17) is 5.73 Å². The van der Waals surface area contributed by atoms with Crippen LogP contribution in [0.3, 0.4) is 0 Å². The van der Waals surface area contributed by atoms with Gasteiger partial charge in [-0.1, -0.05) is 22.9 Å². The normalized spacial score (nSPS) is 15.8. The van der Waals surface area contributed by atoms with Crippen LogP contribution in [0, 0.1) is 11.7 Å². The number of sulfonamides is 1. The van der Waals surface area contributed by atoms with E-state index in [1.54, 1.807) is 6.92 Å². The fourth-order valence-electron chi connectivity index (χ4n) is 2.08. The molecule has 0 spiro atoms. The Morgan fingerprint density at radius 2 is 2.10 bits per heavy atom. The van der Waals surface area contributed by atoms with Gasteiger partial charge < -0.3 is 5.73 Å². The van der Waals surface area contributed by atoms with Gasteiger partial charge in [0.2, 0.25) is 10.0 Å². The molecule has 1 aliphatic carbocycles. The highest BCUT2D eigenvalue weighted by atomic mass is 79.9. The van der Waals surface area contributed by atoms with Crippen molar-refractivity contribution in [1.29, 1.82) is 0 Å². The number of halogens is 2. The van der Waals surface area contributed by atoms with E-state index in [2.05, 4.69) is 15.9 Å². The largest absolute Gasteiger partial charge is 0.326 e. The van der Waals surface area contributed by atoms with Gasteiger partial charge in [0.25, 0.3) is 0 Å². The number of nitrogens with zero attached hydrogens (tertiary/aromatic N) is 1. The number of rotatable bonds is 6. The SMILES string of the molecule is CCN(CC1CC1)S(=O)(=O)c1cc(Br)cc(CN)c1F. The predicted octanol–water partition coefficient (Wildman–Crippen LogP) is 2.47. The standard InChI is InChI=1S/C13H18BrFN2O2S/c1-2-17(8-9-3-4-9)20(18,19)12-6-11(14)5-10(7-16)13(12)15/h5-6,9H,2-4,7-8,16H2,1H3. The molecule has 0 saturated heterocycles. The molecule has 1 saturated carbocycles. The lowest BCUT2D eigenvalue weighted by atomic mass is 10.2. The summed E-state index contributed by atoms with van der Waals surface area (Å²) in [5.74, 6) is -0.334. The van der Waals surface area contributed by atoms with Crippen molar-refractivity contribution in [2.45, 2.75) is 31.2 Å². The van der Waals surface area contributed by atoms with Crippen molar-refractivity contribution in [1.82, 2.24) is 4.31 Å². The molecule has 0 unspecified atom stereocenters. The molecule has 0 aliphatic heterocycles. The third-order valence-electron chi connectivity index (χ3n) is 3.43. The summed E-state index contributed by atoms with van der Waals surface area (Å²) in [7, 11) is -3.82. The number of hydrogen-bond donors (Lipinski definition) is 1. The van der Waals surface area contributed by atoms with Crippen molar-refractivity contribution >= 4 is 26.0 Å². The predicted molar refractivity (Wildman–Crippen MR) is 79.1 cm³/mol. The molecule has 0 amide bonds. The molecule has 112 valence electrons. The molecule has 4 nitrogen and oxygen atoms in total. The smallest absolute Gasteiger partial charge is 0.246 e. The minimum absolute atomic E-state index is 0.0391. The zero-order chi connectivity index (χ0) is 14.9. The second-order valence-electron chi connectivity index (χ2n) is 4.98. The first kappa shape index (κ1) is 15.9. The Hall–Kier alpha value is -0.500. The van der Waals surface area contributed by atoms with E-state index in [0.717, 1.165) is 12.8 Å². The average molecular weight is 365 g/mol. The molecule has 0 aromatic heterocycles. The summed E-state index contributed by atoms with van der Waals surface area (Å²) in [5, 5.41) is 0. The molecule has 1 fully saturated rings. The summed E-state index contributed by atoms with van der Waals surface area (Å²) in [6.07, 6.45) is 2.09. The zero-order valence-electron chi connectivity index (χ0n) is 11.3. The maximum atomic E-state index is 14.3. The van der Waals surface area contributed by atoms with E-state index >= 15 is 0 Å². The lowest BCUT2D eigenvalue weighted by Gasteiger charge is -2.21. The molecule has 0 bridgehead atoms. The fourth-order valence-corrected chi connectivity index (χ4v) is 4.39. The molecule has 20 heavy (non-hydrogen) atoms. The molecule has 0 atom stereocenters. The maximum absolute atomic E-state index is 14.3. The van der Waals surface area contributed by atoms with Gasteiger partial charge in [-0.05, 0) is 30.9 Å². The highest BCUT2D eigenvalue weighted by Crippen LogP contribution is 2.33. The van der Waals surface area contributed by atoms with Gasteiger partial charge in [-0.25, -0.2) is 12.8 Å². The third-order valence-corrected chi connectivity index (χ3v) is 5.83. The van der Waals surface area contributed by atoms with Crippen LogP contribution in [0.2, 0.25) is 0 Å². The Labute approximate surface area is 127 Å². The number of benzene rings is 1. The van der Waals surface area contributed by atoms with Crippen LogP contribution in [0.5, 0.6) is 0 Å². The van der Waals surface area contributed by atoms with Crippen LogP contribution in [-0.4, -0.2) is 25.8 Å². The van der Waals surface area contributed by atoms with Crippen LogP contribution in [0.1, 0.15) is 25.3 Å². The Morgan fingerprint density at radius 1 is 1.45 bits per heavy atom. The molecule has 1 aliphatic rings. The minimum atomic E-state index is -3.82. The third kappa shape index (κ3) is 3.21. The first-order valence-electron chi connectivity index (χ1n) is 6.58. The second-order valence-corrected chi connectivity index (χ2v) is 7.80. The van der Waals surface area contributed by atoms with Crippen LogP contribution in [0.4, 0.5) is 4.39 Å². The average Bonchev–Trinajstić information content (AvgIpc) is 3.21. The summed E-state index contributed by atoms with van der Waals surface area (Å²) in [6.45, 7) is 2.52. The monoisotopic (exact) mass is 364 g/mol. The molecule has 0 heterocycles.